The largest absolute Gasteiger partial charge is 0.379 e. The summed E-state index contributed by atoms with van der Waals surface area (Å²) in [7, 11) is -7.90. The maximum Gasteiger partial charge on any atom is 0.243 e. The highest BCUT2D eigenvalue weighted by molar-refractivity contribution is 7.89. The van der Waals surface area contributed by atoms with Crippen molar-refractivity contribution in [2.24, 2.45) is 0 Å². The highest BCUT2D eigenvalue weighted by Gasteiger charge is 2.43. The molecule has 9 nitrogen and oxygen atoms in total. The van der Waals surface area contributed by atoms with E-state index in [0.29, 0.717) is 13.0 Å². The smallest absolute Gasteiger partial charge is 0.243 e. The molecular formula is C23H31N3O6S2. The van der Waals surface area contributed by atoms with Crippen LogP contribution in [0.1, 0.15) is 20.3 Å². The van der Waals surface area contributed by atoms with Gasteiger partial charge in [-0.05, 0) is 44.5 Å². The van der Waals surface area contributed by atoms with Crippen LogP contribution in [0.2, 0.25) is 0 Å². The number of hydrogen-bond acceptors (Lipinski definition) is 6. The molecule has 186 valence electrons. The third-order valence-corrected chi connectivity index (χ3v) is 9.20. The number of ether oxygens (including phenoxy) is 1. The van der Waals surface area contributed by atoms with Crippen molar-refractivity contribution in [1.82, 2.24) is 13.9 Å². The lowest BCUT2D eigenvalue weighted by atomic mass is 10.2. The van der Waals surface area contributed by atoms with Gasteiger partial charge in [0, 0.05) is 32.8 Å². The maximum absolute atomic E-state index is 13.3. The van der Waals surface area contributed by atoms with Gasteiger partial charge in [-0.15, -0.1) is 0 Å². The monoisotopic (exact) mass is 509 g/mol. The fraction of sp³-hybridized carbons (Fsp3) is 0.435. The number of hydrogen-bond donors (Lipinski definition) is 1. The van der Waals surface area contributed by atoms with Crippen molar-refractivity contribution in [1.29, 1.82) is 0 Å². The van der Waals surface area contributed by atoms with Crippen molar-refractivity contribution in [3.05, 3.63) is 60.7 Å². The molecule has 11 heteroatoms. The third kappa shape index (κ3) is 6.22. The van der Waals surface area contributed by atoms with Gasteiger partial charge in [-0.3, -0.25) is 4.79 Å². The summed E-state index contributed by atoms with van der Waals surface area (Å²) in [4.78, 5) is 13.3. The Labute approximate surface area is 201 Å². The van der Waals surface area contributed by atoms with Crippen LogP contribution in [0.5, 0.6) is 0 Å². The Morgan fingerprint density at radius 2 is 1.50 bits per heavy atom. The van der Waals surface area contributed by atoms with Crippen LogP contribution in [0.25, 0.3) is 0 Å². The maximum atomic E-state index is 13.3. The van der Waals surface area contributed by atoms with E-state index in [1.54, 1.807) is 36.4 Å². The van der Waals surface area contributed by atoms with Gasteiger partial charge < -0.3 is 10.1 Å². The van der Waals surface area contributed by atoms with Crippen LogP contribution in [0.3, 0.4) is 0 Å². The average Bonchev–Trinajstić information content (AvgIpc) is 2.84. The van der Waals surface area contributed by atoms with Gasteiger partial charge in [0.1, 0.15) is 6.04 Å². The number of rotatable bonds is 10. The number of nitrogens with one attached hydrogen (secondary N) is 1. The summed E-state index contributed by atoms with van der Waals surface area (Å²) in [6, 6.07) is 14.5. The Bertz CT molecular complexity index is 1160. The van der Waals surface area contributed by atoms with E-state index >= 15 is 0 Å². The van der Waals surface area contributed by atoms with Gasteiger partial charge in [0.25, 0.3) is 0 Å². The zero-order valence-electron chi connectivity index (χ0n) is 19.3. The van der Waals surface area contributed by atoms with E-state index in [0.717, 1.165) is 4.31 Å². The lowest BCUT2D eigenvalue weighted by molar-refractivity contribution is -0.125. The number of amides is 1. The fourth-order valence-corrected chi connectivity index (χ4v) is 6.70. The van der Waals surface area contributed by atoms with Crippen LogP contribution in [0, 0.1) is 0 Å². The molecule has 1 amide bonds. The third-order valence-electron chi connectivity index (χ3n) is 5.40. The lowest BCUT2D eigenvalue weighted by Gasteiger charge is -2.38. The second kappa shape index (κ2) is 11.4. The minimum Gasteiger partial charge on any atom is -0.379 e. The summed E-state index contributed by atoms with van der Waals surface area (Å²) in [5, 5.41) is 2.74. The van der Waals surface area contributed by atoms with E-state index in [4.69, 9.17) is 4.74 Å². The van der Waals surface area contributed by atoms with E-state index < -0.39 is 32.0 Å². The normalized spacial score (nSPS) is 18.1. The lowest BCUT2D eigenvalue weighted by Crippen LogP contribution is -2.61. The van der Waals surface area contributed by atoms with Crippen LogP contribution >= 0.6 is 0 Å². The quantitative estimate of drug-likeness (QED) is 0.488. The Hall–Kier alpha value is -2.31. The van der Waals surface area contributed by atoms with Crippen molar-refractivity contribution in [3.8, 4) is 0 Å². The molecule has 1 unspecified atom stereocenters. The number of sulfonamides is 2. The molecule has 1 aliphatic rings. The van der Waals surface area contributed by atoms with Gasteiger partial charge in [-0.25, -0.2) is 16.8 Å². The molecule has 1 fully saturated rings. The number of carbonyl (C=O) groups excluding carboxylic acids is 1. The molecule has 2 aromatic carbocycles. The average molecular weight is 510 g/mol. The predicted molar refractivity (Wildman–Crippen MR) is 128 cm³/mol. The Kier molecular flexibility index (Phi) is 8.83. The molecule has 1 N–H and O–H groups in total. The first-order chi connectivity index (χ1) is 16.1. The summed E-state index contributed by atoms with van der Waals surface area (Å²) in [6.45, 7) is 4.07. The summed E-state index contributed by atoms with van der Waals surface area (Å²) in [5.74, 6) is -0.544. The topological polar surface area (TPSA) is 113 Å². The van der Waals surface area contributed by atoms with E-state index in [9.17, 15) is 21.6 Å². The van der Waals surface area contributed by atoms with Crippen LogP contribution in [0.4, 0.5) is 0 Å². The number of nitrogens with zero attached hydrogens (tertiary/aromatic N) is 2. The van der Waals surface area contributed by atoms with Crippen molar-refractivity contribution in [2.45, 2.75) is 42.2 Å². The SMILES string of the molecule is CC(C)OCCCNC(=O)C1CN(S(=O)(=O)c2ccccc2)CCN1S(=O)(=O)c1ccccc1. The first kappa shape index (κ1) is 26.3. The molecule has 3 rings (SSSR count). The summed E-state index contributed by atoms with van der Waals surface area (Å²) < 4.78 is 60.7. The number of piperazine rings is 1. The summed E-state index contributed by atoms with van der Waals surface area (Å²) in [6.07, 6.45) is 0.617. The van der Waals surface area contributed by atoms with Gasteiger partial charge >= 0.3 is 0 Å². The molecule has 0 saturated carbocycles. The second-order valence-electron chi connectivity index (χ2n) is 8.18. The molecule has 1 saturated heterocycles. The highest BCUT2D eigenvalue weighted by Crippen LogP contribution is 2.25. The van der Waals surface area contributed by atoms with Gasteiger partial charge in [-0.1, -0.05) is 36.4 Å². The molecule has 0 radical (unpaired) electrons. The van der Waals surface area contributed by atoms with E-state index in [2.05, 4.69) is 5.32 Å². The van der Waals surface area contributed by atoms with Gasteiger partial charge in [0.05, 0.1) is 15.9 Å². The zero-order chi connectivity index (χ0) is 24.8. The van der Waals surface area contributed by atoms with E-state index in [1.165, 1.54) is 28.6 Å². The molecule has 0 bridgehead atoms. The first-order valence-electron chi connectivity index (χ1n) is 11.2. The van der Waals surface area contributed by atoms with Crippen LogP contribution in [-0.2, 0) is 29.6 Å². The Morgan fingerprint density at radius 1 is 0.941 bits per heavy atom. The molecule has 1 aliphatic heterocycles. The van der Waals surface area contributed by atoms with Gasteiger partial charge in [-0.2, -0.15) is 8.61 Å². The Morgan fingerprint density at radius 3 is 2.06 bits per heavy atom. The molecule has 1 heterocycles. The zero-order valence-corrected chi connectivity index (χ0v) is 21.0. The summed E-state index contributed by atoms with van der Waals surface area (Å²) >= 11 is 0. The predicted octanol–water partition coefficient (Wildman–Crippen LogP) is 1.68. The van der Waals surface area contributed by atoms with Crippen molar-refractivity contribution in [2.75, 3.05) is 32.8 Å². The van der Waals surface area contributed by atoms with Gasteiger partial charge in [0.15, 0.2) is 0 Å². The summed E-state index contributed by atoms with van der Waals surface area (Å²) in [5.41, 5.74) is 0. The molecular weight excluding hydrogens is 478 g/mol. The fourth-order valence-electron chi connectivity index (χ4n) is 3.65. The number of benzene rings is 2. The molecule has 2 aromatic rings. The Balaban J connectivity index is 1.83. The van der Waals surface area contributed by atoms with E-state index in [1.807, 2.05) is 13.8 Å². The van der Waals surface area contributed by atoms with Gasteiger partial charge in [0.2, 0.25) is 26.0 Å². The van der Waals surface area contributed by atoms with Crippen LogP contribution in [0.15, 0.2) is 70.5 Å². The molecule has 34 heavy (non-hydrogen) atoms. The van der Waals surface area contributed by atoms with E-state index in [-0.39, 0.29) is 42.1 Å². The number of carbonyl (C=O) groups is 1. The molecule has 1 atom stereocenters. The minimum absolute atomic E-state index is 0.0532. The van der Waals surface area contributed by atoms with Crippen LogP contribution in [-0.4, -0.2) is 76.3 Å². The molecule has 0 spiro atoms. The molecule has 0 aliphatic carbocycles. The van der Waals surface area contributed by atoms with Crippen molar-refractivity contribution >= 4 is 26.0 Å². The minimum atomic E-state index is -4.01. The van der Waals surface area contributed by atoms with Crippen LogP contribution < -0.4 is 5.32 Å². The first-order valence-corrected chi connectivity index (χ1v) is 14.0. The van der Waals surface area contributed by atoms with Crippen molar-refractivity contribution in [3.63, 3.8) is 0 Å². The highest BCUT2D eigenvalue weighted by atomic mass is 32.2. The van der Waals surface area contributed by atoms with Crippen molar-refractivity contribution < 1.29 is 26.4 Å². The standard InChI is InChI=1S/C23H31N3O6S2/c1-19(2)32-17-9-14-24-23(27)22-18-25(33(28,29)20-10-5-3-6-11-20)15-16-26(22)34(30,31)21-12-7-4-8-13-21/h3-8,10-13,19,22H,9,14-18H2,1-2H3,(H,24,27). The molecule has 0 aromatic heterocycles. The second-order valence-corrected chi connectivity index (χ2v) is 12.0.